The van der Waals surface area contributed by atoms with Crippen molar-refractivity contribution in [3.8, 4) is 0 Å². The molecule has 0 spiro atoms. The lowest BCUT2D eigenvalue weighted by molar-refractivity contribution is -0.243. The fourth-order valence-corrected chi connectivity index (χ4v) is 6.38. The predicted octanol–water partition coefficient (Wildman–Crippen LogP) is 4.79. The van der Waals surface area contributed by atoms with E-state index in [0.717, 1.165) is 25.7 Å². The third-order valence-electron chi connectivity index (χ3n) is 9.71. The molecule has 1 saturated heterocycles. The fraction of sp³-hybridized carbons (Fsp3) is 0.972. The van der Waals surface area contributed by atoms with Crippen LogP contribution in [0.15, 0.2) is 0 Å². The first-order chi connectivity index (χ1) is 21.8. The zero-order valence-corrected chi connectivity index (χ0v) is 31.6. The molecular formula is C36H71NO10. The highest BCUT2D eigenvalue weighted by molar-refractivity contribution is 5.72. The molecule has 6 unspecified atom stereocenters. The minimum absolute atomic E-state index is 0.0446. The van der Waals surface area contributed by atoms with E-state index in [1.54, 1.807) is 27.7 Å². The van der Waals surface area contributed by atoms with Gasteiger partial charge in [-0.2, -0.15) is 0 Å². The van der Waals surface area contributed by atoms with Gasteiger partial charge in [0.25, 0.3) is 0 Å². The van der Waals surface area contributed by atoms with Gasteiger partial charge in [0.2, 0.25) is 0 Å². The van der Waals surface area contributed by atoms with Gasteiger partial charge < -0.3 is 49.0 Å². The molecule has 1 heterocycles. The topological polar surface area (TPSA) is 147 Å². The van der Waals surface area contributed by atoms with Crippen molar-refractivity contribution in [1.29, 1.82) is 0 Å². The van der Waals surface area contributed by atoms with Gasteiger partial charge in [-0.15, -0.1) is 0 Å². The molecule has 1 aliphatic rings. The molecule has 4 N–H and O–H groups in total. The molecule has 0 aliphatic carbocycles. The lowest BCUT2D eigenvalue weighted by atomic mass is 9.84. The van der Waals surface area contributed by atoms with Crippen molar-refractivity contribution in [2.45, 2.75) is 194 Å². The van der Waals surface area contributed by atoms with Gasteiger partial charge in [0.05, 0.1) is 42.5 Å². The molecule has 0 amide bonds. The standard InChI is InChI=1S/C36H71NO10/c1-13-17-31(45-28(9)27(8)38)43-22-24(5)34(40)47-30(15-3)36(11,42)33(39)26(7)37(12)21-23(4)20-35(10,41)29(14-2)46-32-19-16-18-25(6)44-32/h23-33,38-39,41-42H,13-22H2,1-12H3/t23?,24?,25?,26-,27+,28?,29+,30+,31?,32+,33-,35+,36?/m1/s1. The first-order valence-electron chi connectivity index (χ1n) is 18.1. The van der Waals surface area contributed by atoms with Crippen molar-refractivity contribution in [3.63, 3.8) is 0 Å². The van der Waals surface area contributed by atoms with Gasteiger partial charge in [0, 0.05) is 12.6 Å². The molecule has 11 nitrogen and oxygen atoms in total. The van der Waals surface area contributed by atoms with Crippen LogP contribution in [0.3, 0.4) is 0 Å². The van der Waals surface area contributed by atoms with Crippen molar-refractivity contribution in [2.75, 3.05) is 20.2 Å². The van der Waals surface area contributed by atoms with Crippen molar-refractivity contribution in [3.05, 3.63) is 0 Å². The van der Waals surface area contributed by atoms with Gasteiger partial charge in [0.15, 0.2) is 12.6 Å². The number of ether oxygens (including phenoxy) is 5. The first-order valence-corrected chi connectivity index (χ1v) is 18.1. The Morgan fingerprint density at radius 1 is 1.00 bits per heavy atom. The number of carbonyl (C=O) groups is 1. The first kappa shape index (κ1) is 44.1. The Hall–Kier alpha value is -0.890. The highest BCUT2D eigenvalue weighted by Gasteiger charge is 2.45. The zero-order valence-electron chi connectivity index (χ0n) is 31.6. The van der Waals surface area contributed by atoms with E-state index in [1.165, 1.54) is 6.92 Å². The van der Waals surface area contributed by atoms with E-state index >= 15 is 0 Å². The molecule has 0 aromatic carbocycles. The summed E-state index contributed by atoms with van der Waals surface area (Å²) in [6, 6.07) is -0.482. The van der Waals surface area contributed by atoms with Crippen LogP contribution in [0, 0.1) is 11.8 Å². The van der Waals surface area contributed by atoms with Gasteiger partial charge >= 0.3 is 5.97 Å². The number of aliphatic hydroxyl groups is 4. The summed E-state index contributed by atoms with van der Waals surface area (Å²) in [5, 5.41) is 44.1. The molecule has 13 atom stereocenters. The molecule has 0 aromatic heterocycles. The maximum atomic E-state index is 13.1. The third-order valence-corrected chi connectivity index (χ3v) is 9.71. The lowest BCUT2D eigenvalue weighted by Gasteiger charge is -2.42. The molecule has 1 aliphatic heterocycles. The summed E-state index contributed by atoms with van der Waals surface area (Å²) in [6.07, 6.45) is 1.38. The van der Waals surface area contributed by atoms with Crippen molar-refractivity contribution >= 4 is 5.97 Å². The van der Waals surface area contributed by atoms with E-state index in [4.69, 9.17) is 23.7 Å². The molecule has 1 rings (SSSR count). The molecular weight excluding hydrogens is 606 g/mol. The second-order valence-corrected chi connectivity index (χ2v) is 14.7. The van der Waals surface area contributed by atoms with Crippen molar-refractivity contribution < 1.29 is 48.9 Å². The molecule has 47 heavy (non-hydrogen) atoms. The number of esters is 1. The summed E-state index contributed by atoms with van der Waals surface area (Å²) in [4.78, 5) is 15.0. The Bertz CT molecular complexity index is 871. The molecule has 0 bridgehead atoms. The average molecular weight is 678 g/mol. The van der Waals surface area contributed by atoms with Gasteiger partial charge in [-0.1, -0.05) is 34.1 Å². The number of aliphatic hydroxyl groups excluding tert-OH is 2. The summed E-state index contributed by atoms with van der Waals surface area (Å²) in [5.74, 6) is -1.14. The van der Waals surface area contributed by atoms with Crippen LogP contribution in [0.25, 0.3) is 0 Å². The molecule has 0 radical (unpaired) electrons. The summed E-state index contributed by atoms with van der Waals surface area (Å²) in [5.41, 5.74) is -2.81. The number of nitrogens with zero attached hydrogens (tertiary/aromatic N) is 1. The van der Waals surface area contributed by atoms with E-state index in [9.17, 15) is 25.2 Å². The summed E-state index contributed by atoms with van der Waals surface area (Å²) in [7, 11) is 1.87. The monoisotopic (exact) mass is 678 g/mol. The van der Waals surface area contributed by atoms with Crippen LogP contribution < -0.4 is 0 Å². The zero-order chi connectivity index (χ0) is 36.1. The fourth-order valence-electron chi connectivity index (χ4n) is 6.38. The van der Waals surface area contributed by atoms with Crippen LogP contribution in [0.2, 0.25) is 0 Å². The maximum Gasteiger partial charge on any atom is 0.311 e. The van der Waals surface area contributed by atoms with Gasteiger partial charge in [-0.3, -0.25) is 4.79 Å². The number of likely N-dealkylation sites (N-methyl/N-ethyl adjacent to an activating group) is 1. The SMILES string of the molecule is CCCC(OCC(C)C(=O)O[C@@H](CC)C(C)(O)[C@H](O)[C@@H](C)N(C)CC(C)C[C@](C)(O)[C@H](CC)O[C@H]1CCCC(C)O1)OC(C)[C@H](C)O. The van der Waals surface area contributed by atoms with Crippen LogP contribution >= 0.6 is 0 Å². The van der Waals surface area contributed by atoms with E-state index in [-0.39, 0.29) is 31.0 Å². The molecule has 280 valence electrons. The van der Waals surface area contributed by atoms with E-state index in [1.807, 2.05) is 46.6 Å². The predicted molar refractivity (Wildman–Crippen MR) is 183 cm³/mol. The Morgan fingerprint density at radius 2 is 1.62 bits per heavy atom. The molecule has 0 saturated carbocycles. The number of carbonyl (C=O) groups excluding carboxylic acids is 1. The second kappa shape index (κ2) is 20.7. The smallest absolute Gasteiger partial charge is 0.311 e. The van der Waals surface area contributed by atoms with E-state index in [0.29, 0.717) is 32.2 Å². The summed E-state index contributed by atoms with van der Waals surface area (Å²) >= 11 is 0. The number of hydrogen-bond acceptors (Lipinski definition) is 11. The number of rotatable bonds is 23. The highest BCUT2D eigenvalue weighted by atomic mass is 16.7. The average Bonchev–Trinajstić information content (AvgIpc) is 2.99. The van der Waals surface area contributed by atoms with E-state index in [2.05, 4.69) is 6.92 Å². The Balaban J connectivity index is 2.77. The van der Waals surface area contributed by atoms with Crippen molar-refractivity contribution in [2.24, 2.45) is 11.8 Å². The van der Waals surface area contributed by atoms with Crippen LogP contribution in [0.4, 0.5) is 0 Å². The quantitative estimate of drug-likeness (QED) is 0.0874. The Morgan fingerprint density at radius 3 is 2.15 bits per heavy atom. The Kier molecular flexibility index (Phi) is 19.4. The highest BCUT2D eigenvalue weighted by Crippen LogP contribution is 2.31. The minimum atomic E-state index is -1.73. The largest absolute Gasteiger partial charge is 0.459 e. The van der Waals surface area contributed by atoms with Crippen LogP contribution in [-0.4, -0.2) is 118 Å². The van der Waals surface area contributed by atoms with Gasteiger partial charge in [-0.05, 0) is 106 Å². The van der Waals surface area contributed by atoms with Crippen LogP contribution in [0.5, 0.6) is 0 Å². The summed E-state index contributed by atoms with van der Waals surface area (Å²) < 4.78 is 29.6. The summed E-state index contributed by atoms with van der Waals surface area (Å²) in [6.45, 7) is 20.7. The molecule has 1 fully saturated rings. The molecule has 0 aromatic rings. The Labute approximate surface area is 285 Å². The van der Waals surface area contributed by atoms with Crippen molar-refractivity contribution in [1.82, 2.24) is 4.90 Å². The second-order valence-electron chi connectivity index (χ2n) is 14.7. The maximum absolute atomic E-state index is 13.1. The van der Waals surface area contributed by atoms with E-state index < -0.39 is 59.8 Å². The minimum Gasteiger partial charge on any atom is -0.459 e. The normalized spacial score (nSPS) is 25.8. The van der Waals surface area contributed by atoms with Crippen LogP contribution in [-0.2, 0) is 28.5 Å². The number of hydrogen-bond donors (Lipinski definition) is 4. The third kappa shape index (κ3) is 14.5. The van der Waals surface area contributed by atoms with Gasteiger partial charge in [0.1, 0.15) is 17.8 Å². The lowest BCUT2D eigenvalue weighted by Crippen LogP contribution is -2.59. The van der Waals surface area contributed by atoms with Gasteiger partial charge in [-0.25, -0.2) is 0 Å². The van der Waals surface area contributed by atoms with Crippen LogP contribution in [0.1, 0.15) is 128 Å². The molecule has 11 heteroatoms.